The standard InChI is InChI=1S/C36H54O6/c1-33(2,3)25-19-23(20-26(29(25)37)34(4,5)6)15-13-17-41-31(39)32(40)42-18-14-16-24-21-27(35(7,8)9)30(38)28(22-24)36(10,11)12/h19-22,37-38H,13-18H2,1-12H3. The molecule has 0 fully saturated rings. The zero-order valence-electron chi connectivity index (χ0n) is 28.1. The summed E-state index contributed by atoms with van der Waals surface area (Å²) < 4.78 is 10.4. The molecular weight excluding hydrogens is 528 g/mol. The lowest BCUT2D eigenvalue weighted by Crippen LogP contribution is -2.22. The molecule has 0 aromatic heterocycles. The lowest BCUT2D eigenvalue weighted by Gasteiger charge is -2.28. The van der Waals surface area contributed by atoms with Crippen LogP contribution in [0.15, 0.2) is 24.3 Å². The summed E-state index contributed by atoms with van der Waals surface area (Å²) in [6, 6.07) is 8.07. The Kier molecular flexibility index (Phi) is 11.0. The van der Waals surface area contributed by atoms with Gasteiger partial charge < -0.3 is 19.7 Å². The van der Waals surface area contributed by atoms with Crippen molar-refractivity contribution in [2.75, 3.05) is 13.2 Å². The summed E-state index contributed by atoms with van der Waals surface area (Å²) in [5.74, 6) is -1.30. The number of hydrogen-bond donors (Lipinski definition) is 2. The van der Waals surface area contributed by atoms with Gasteiger partial charge in [0.05, 0.1) is 13.2 Å². The monoisotopic (exact) mass is 582 g/mol. The highest BCUT2D eigenvalue weighted by Gasteiger charge is 2.28. The summed E-state index contributed by atoms with van der Waals surface area (Å²) in [4.78, 5) is 24.4. The third kappa shape index (κ3) is 9.50. The number of benzene rings is 2. The third-order valence-electron chi connectivity index (χ3n) is 7.42. The van der Waals surface area contributed by atoms with Crippen LogP contribution in [0.1, 0.15) is 129 Å². The molecule has 0 saturated heterocycles. The van der Waals surface area contributed by atoms with Gasteiger partial charge in [-0.15, -0.1) is 0 Å². The predicted molar refractivity (Wildman–Crippen MR) is 170 cm³/mol. The maximum atomic E-state index is 12.2. The molecule has 2 rings (SSSR count). The second kappa shape index (κ2) is 13.1. The number of hydrogen-bond acceptors (Lipinski definition) is 6. The van der Waals surface area contributed by atoms with Crippen molar-refractivity contribution in [3.8, 4) is 11.5 Å². The van der Waals surface area contributed by atoms with E-state index in [4.69, 9.17) is 9.47 Å². The smallest absolute Gasteiger partial charge is 0.417 e. The van der Waals surface area contributed by atoms with E-state index in [0.29, 0.717) is 37.2 Å². The molecule has 0 bridgehead atoms. The number of rotatable bonds is 8. The summed E-state index contributed by atoms with van der Waals surface area (Å²) in [7, 11) is 0. The van der Waals surface area contributed by atoms with Crippen LogP contribution < -0.4 is 0 Å². The van der Waals surface area contributed by atoms with Crippen LogP contribution in [-0.4, -0.2) is 35.4 Å². The van der Waals surface area contributed by atoms with Crippen molar-refractivity contribution < 1.29 is 29.3 Å². The third-order valence-corrected chi connectivity index (χ3v) is 7.42. The van der Waals surface area contributed by atoms with Crippen molar-refractivity contribution in [3.05, 3.63) is 57.6 Å². The van der Waals surface area contributed by atoms with Gasteiger partial charge in [0.25, 0.3) is 0 Å². The summed E-state index contributed by atoms with van der Waals surface area (Å²) >= 11 is 0. The van der Waals surface area contributed by atoms with Crippen molar-refractivity contribution in [1.29, 1.82) is 0 Å². The van der Waals surface area contributed by atoms with Gasteiger partial charge in [0.1, 0.15) is 11.5 Å². The Hall–Kier alpha value is -3.02. The fourth-order valence-electron chi connectivity index (χ4n) is 4.96. The Morgan fingerprint density at radius 3 is 0.976 bits per heavy atom. The van der Waals surface area contributed by atoms with Gasteiger partial charge in [0, 0.05) is 0 Å². The summed E-state index contributed by atoms with van der Waals surface area (Å²) in [5, 5.41) is 21.8. The zero-order valence-corrected chi connectivity index (χ0v) is 28.1. The molecule has 0 aliphatic rings. The van der Waals surface area contributed by atoms with Crippen LogP contribution >= 0.6 is 0 Å². The van der Waals surface area contributed by atoms with Gasteiger partial charge in [-0.2, -0.15) is 0 Å². The van der Waals surface area contributed by atoms with Crippen LogP contribution in [0.3, 0.4) is 0 Å². The fourth-order valence-corrected chi connectivity index (χ4v) is 4.96. The van der Waals surface area contributed by atoms with E-state index in [9.17, 15) is 19.8 Å². The topological polar surface area (TPSA) is 93.1 Å². The predicted octanol–water partition coefficient (Wildman–Crippen LogP) is 7.94. The van der Waals surface area contributed by atoms with E-state index in [1.807, 2.05) is 24.3 Å². The van der Waals surface area contributed by atoms with Crippen molar-refractivity contribution in [1.82, 2.24) is 0 Å². The van der Waals surface area contributed by atoms with E-state index in [1.54, 1.807) is 0 Å². The summed E-state index contributed by atoms with van der Waals surface area (Å²) in [5.41, 5.74) is 4.79. The van der Waals surface area contributed by atoms with Gasteiger partial charge in [-0.25, -0.2) is 9.59 Å². The number of phenols is 2. The Morgan fingerprint density at radius 1 is 0.524 bits per heavy atom. The Morgan fingerprint density at radius 2 is 0.762 bits per heavy atom. The van der Waals surface area contributed by atoms with Crippen molar-refractivity contribution in [2.24, 2.45) is 0 Å². The maximum Gasteiger partial charge on any atom is 0.417 e. The molecule has 42 heavy (non-hydrogen) atoms. The average Bonchev–Trinajstić information content (AvgIpc) is 2.82. The normalized spacial score (nSPS) is 12.8. The number of phenolic OH excluding ortho intramolecular Hbond substituents is 2. The van der Waals surface area contributed by atoms with Crippen molar-refractivity contribution in [3.63, 3.8) is 0 Å². The van der Waals surface area contributed by atoms with Crippen LogP contribution in [0.2, 0.25) is 0 Å². The second-order valence-corrected chi connectivity index (χ2v) is 15.6. The van der Waals surface area contributed by atoms with Gasteiger partial charge in [-0.1, -0.05) is 107 Å². The molecule has 0 heterocycles. The highest BCUT2D eigenvalue weighted by molar-refractivity contribution is 6.29. The molecule has 0 aliphatic heterocycles. The molecule has 0 spiro atoms. The first-order valence-corrected chi connectivity index (χ1v) is 15.1. The van der Waals surface area contributed by atoms with E-state index in [0.717, 1.165) is 33.4 Å². The van der Waals surface area contributed by atoms with Crippen LogP contribution in [-0.2, 0) is 53.6 Å². The Labute approximate surface area is 253 Å². The van der Waals surface area contributed by atoms with Crippen LogP contribution in [0.4, 0.5) is 0 Å². The van der Waals surface area contributed by atoms with E-state index in [2.05, 4.69) is 83.1 Å². The molecule has 6 nitrogen and oxygen atoms in total. The Balaban J connectivity index is 1.91. The van der Waals surface area contributed by atoms with E-state index < -0.39 is 11.9 Å². The molecule has 2 aromatic rings. The van der Waals surface area contributed by atoms with Crippen LogP contribution in [0.25, 0.3) is 0 Å². The molecule has 0 amide bonds. The largest absolute Gasteiger partial charge is 0.507 e. The first kappa shape index (κ1) is 35.2. The maximum absolute atomic E-state index is 12.2. The molecule has 0 radical (unpaired) electrons. The van der Waals surface area contributed by atoms with E-state index in [1.165, 1.54) is 0 Å². The molecule has 2 aromatic carbocycles. The number of aryl methyl sites for hydroxylation is 2. The van der Waals surface area contributed by atoms with Gasteiger partial charge >= 0.3 is 11.9 Å². The zero-order chi connectivity index (χ0) is 32.3. The van der Waals surface area contributed by atoms with Crippen molar-refractivity contribution >= 4 is 11.9 Å². The Bertz CT molecular complexity index is 1090. The van der Waals surface area contributed by atoms with Crippen LogP contribution in [0.5, 0.6) is 11.5 Å². The summed E-state index contributed by atoms with van der Waals surface area (Å²) in [6.07, 6.45) is 2.39. The molecule has 6 heteroatoms. The molecule has 0 saturated carbocycles. The van der Waals surface area contributed by atoms with Gasteiger partial charge in [-0.05, 0) is 80.7 Å². The van der Waals surface area contributed by atoms with E-state index >= 15 is 0 Å². The molecule has 0 atom stereocenters. The van der Waals surface area contributed by atoms with Gasteiger partial charge in [0.15, 0.2) is 0 Å². The van der Waals surface area contributed by atoms with E-state index in [-0.39, 0.29) is 34.9 Å². The lowest BCUT2D eigenvalue weighted by atomic mass is 9.78. The molecular formula is C36H54O6. The number of carbonyl (C=O) groups is 2. The quantitative estimate of drug-likeness (QED) is 0.186. The highest BCUT2D eigenvalue weighted by Crippen LogP contribution is 2.41. The van der Waals surface area contributed by atoms with Crippen molar-refractivity contribution in [2.45, 2.75) is 130 Å². The fraction of sp³-hybridized carbons (Fsp3) is 0.611. The summed E-state index contributed by atoms with van der Waals surface area (Å²) in [6.45, 7) is 25.1. The molecule has 2 N–H and O–H groups in total. The molecule has 0 unspecified atom stereocenters. The second-order valence-electron chi connectivity index (χ2n) is 15.6. The average molecular weight is 583 g/mol. The first-order chi connectivity index (χ1) is 19.0. The molecule has 0 aliphatic carbocycles. The number of carbonyl (C=O) groups excluding carboxylic acids is 2. The lowest BCUT2D eigenvalue weighted by molar-refractivity contribution is -0.167. The minimum atomic E-state index is -0.985. The first-order valence-electron chi connectivity index (χ1n) is 15.1. The SMILES string of the molecule is CC(C)(C)c1cc(CCCOC(=O)C(=O)OCCCc2cc(C(C)(C)C)c(O)c(C(C)(C)C)c2)cc(C(C)(C)C)c1O. The number of esters is 2. The molecule has 234 valence electrons. The van der Waals surface area contributed by atoms with Crippen LogP contribution in [0, 0.1) is 0 Å². The number of aromatic hydroxyl groups is 2. The van der Waals surface area contributed by atoms with Gasteiger partial charge in [-0.3, -0.25) is 0 Å². The number of ether oxygens (including phenoxy) is 2. The minimum absolute atomic E-state index is 0.100. The van der Waals surface area contributed by atoms with Gasteiger partial charge in [0.2, 0.25) is 0 Å². The highest BCUT2D eigenvalue weighted by atomic mass is 16.6. The minimum Gasteiger partial charge on any atom is -0.507 e.